The van der Waals surface area contributed by atoms with Gasteiger partial charge in [0.15, 0.2) is 5.56 Å². The first-order valence-electron chi connectivity index (χ1n) is 7.78. The third-order valence-electron chi connectivity index (χ3n) is 4.35. The van der Waals surface area contributed by atoms with Crippen LogP contribution in [-0.2, 0) is 18.9 Å². The Hall–Kier alpha value is -2.60. The van der Waals surface area contributed by atoms with E-state index in [9.17, 15) is 19.6 Å². The van der Waals surface area contributed by atoms with Gasteiger partial charge in [0.25, 0.3) is 5.56 Å². The van der Waals surface area contributed by atoms with Gasteiger partial charge in [-0.05, 0) is 12.8 Å². The van der Waals surface area contributed by atoms with Gasteiger partial charge in [-0.15, -0.1) is 0 Å². The third kappa shape index (κ3) is 3.49. The molecule has 0 aliphatic carbocycles. The van der Waals surface area contributed by atoms with Crippen LogP contribution in [0.5, 0.6) is 0 Å². The SMILES string of the molecule is CNC(=O)CN1CCC(Nc2c(C#N)c(=O)n(C)c(=O)n2C)CC1. The van der Waals surface area contributed by atoms with E-state index in [1.165, 1.54) is 18.7 Å². The summed E-state index contributed by atoms with van der Waals surface area (Å²) in [5.41, 5.74) is -1.13. The molecule has 0 aromatic carbocycles. The fraction of sp³-hybridized carbons (Fsp3) is 0.600. The Morgan fingerprint density at radius 2 is 1.88 bits per heavy atom. The van der Waals surface area contributed by atoms with E-state index in [4.69, 9.17) is 0 Å². The lowest BCUT2D eigenvalue weighted by Gasteiger charge is -2.32. The Balaban J connectivity index is 2.14. The average Bonchev–Trinajstić information content (AvgIpc) is 2.59. The molecule has 9 heteroatoms. The monoisotopic (exact) mass is 334 g/mol. The first-order valence-corrected chi connectivity index (χ1v) is 7.78. The smallest absolute Gasteiger partial charge is 0.332 e. The molecule has 1 aromatic rings. The number of nitrogens with one attached hydrogen (secondary N) is 2. The lowest BCUT2D eigenvalue weighted by Crippen LogP contribution is -2.45. The number of anilines is 1. The highest BCUT2D eigenvalue weighted by atomic mass is 16.2. The number of carbonyl (C=O) groups excluding carboxylic acids is 1. The van der Waals surface area contributed by atoms with E-state index < -0.39 is 11.2 Å². The van der Waals surface area contributed by atoms with Crippen LogP contribution in [-0.4, -0.2) is 52.7 Å². The zero-order valence-corrected chi connectivity index (χ0v) is 14.1. The van der Waals surface area contributed by atoms with Crippen LogP contribution in [0.1, 0.15) is 18.4 Å². The maximum Gasteiger partial charge on any atom is 0.332 e. The number of rotatable bonds is 4. The largest absolute Gasteiger partial charge is 0.367 e. The van der Waals surface area contributed by atoms with Gasteiger partial charge in [0.1, 0.15) is 11.9 Å². The van der Waals surface area contributed by atoms with Gasteiger partial charge < -0.3 is 10.6 Å². The molecule has 1 aliphatic rings. The molecule has 2 rings (SSSR count). The van der Waals surface area contributed by atoms with Gasteiger partial charge in [-0.2, -0.15) is 5.26 Å². The van der Waals surface area contributed by atoms with E-state index in [1.54, 1.807) is 7.05 Å². The minimum Gasteiger partial charge on any atom is -0.367 e. The number of aromatic nitrogens is 2. The summed E-state index contributed by atoms with van der Waals surface area (Å²) in [5.74, 6) is 0.234. The molecular weight excluding hydrogens is 312 g/mol. The number of carbonyl (C=O) groups is 1. The van der Waals surface area contributed by atoms with E-state index in [0.29, 0.717) is 6.54 Å². The van der Waals surface area contributed by atoms with Gasteiger partial charge in [0.05, 0.1) is 6.54 Å². The van der Waals surface area contributed by atoms with Gasteiger partial charge in [-0.3, -0.25) is 23.6 Å². The number of nitrogens with zero attached hydrogens (tertiary/aromatic N) is 4. The fourth-order valence-electron chi connectivity index (χ4n) is 2.82. The molecule has 2 heterocycles. The van der Waals surface area contributed by atoms with Gasteiger partial charge in [-0.25, -0.2) is 4.79 Å². The number of nitriles is 1. The summed E-state index contributed by atoms with van der Waals surface area (Å²) in [6, 6.07) is 1.92. The molecule has 1 aromatic heterocycles. The van der Waals surface area contributed by atoms with Crippen LogP contribution in [0.25, 0.3) is 0 Å². The molecule has 1 amide bonds. The minimum absolute atomic E-state index is 0.0258. The topological polar surface area (TPSA) is 112 Å². The number of hydrogen-bond donors (Lipinski definition) is 2. The molecule has 0 bridgehead atoms. The molecule has 1 aliphatic heterocycles. The molecular formula is C15H22N6O3. The summed E-state index contributed by atoms with van der Waals surface area (Å²) in [6.45, 7) is 1.81. The molecule has 0 spiro atoms. The number of hydrogen-bond acceptors (Lipinski definition) is 6. The van der Waals surface area contributed by atoms with Crippen LogP contribution in [0.15, 0.2) is 9.59 Å². The van der Waals surface area contributed by atoms with Crippen molar-refractivity contribution < 1.29 is 4.79 Å². The first kappa shape index (κ1) is 17.7. The summed E-state index contributed by atoms with van der Waals surface area (Å²) < 4.78 is 2.21. The Kier molecular flexibility index (Phi) is 5.41. The minimum atomic E-state index is -0.597. The third-order valence-corrected chi connectivity index (χ3v) is 4.35. The Morgan fingerprint density at radius 1 is 1.25 bits per heavy atom. The highest BCUT2D eigenvalue weighted by Gasteiger charge is 2.23. The normalized spacial score (nSPS) is 15.8. The molecule has 9 nitrogen and oxygen atoms in total. The average molecular weight is 334 g/mol. The van der Waals surface area contributed by atoms with Crippen molar-refractivity contribution in [3.05, 3.63) is 26.4 Å². The molecule has 24 heavy (non-hydrogen) atoms. The van der Waals surface area contributed by atoms with Crippen molar-refractivity contribution in [2.24, 2.45) is 14.1 Å². The standard InChI is InChI=1S/C15H22N6O3/c1-17-12(22)9-21-6-4-10(5-7-21)18-13-11(8-16)14(23)20(3)15(24)19(13)2/h10,18H,4-7,9H2,1-3H3,(H,17,22). The highest BCUT2D eigenvalue weighted by molar-refractivity contribution is 5.77. The van der Waals surface area contributed by atoms with Crippen LogP contribution in [0.4, 0.5) is 5.82 Å². The molecule has 0 saturated carbocycles. The summed E-state index contributed by atoms with van der Waals surface area (Å²) in [4.78, 5) is 37.6. The van der Waals surface area contributed by atoms with E-state index in [0.717, 1.165) is 30.5 Å². The van der Waals surface area contributed by atoms with Crippen LogP contribution in [0, 0.1) is 11.3 Å². The van der Waals surface area contributed by atoms with E-state index in [1.807, 2.05) is 11.0 Å². The van der Waals surface area contributed by atoms with Crippen LogP contribution < -0.4 is 21.9 Å². The van der Waals surface area contributed by atoms with E-state index >= 15 is 0 Å². The second-order valence-electron chi connectivity index (χ2n) is 5.91. The first-order chi connectivity index (χ1) is 11.4. The predicted molar refractivity (Wildman–Crippen MR) is 88.8 cm³/mol. The summed E-state index contributed by atoms with van der Waals surface area (Å²) in [6.07, 6.45) is 1.51. The summed E-state index contributed by atoms with van der Waals surface area (Å²) in [5, 5.41) is 15.0. The Labute approximate surface area is 139 Å². The molecule has 0 unspecified atom stereocenters. The van der Waals surface area contributed by atoms with Crippen LogP contribution >= 0.6 is 0 Å². The van der Waals surface area contributed by atoms with Crippen LogP contribution in [0.2, 0.25) is 0 Å². The highest BCUT2D eigenvalue weighted by Crippen LogP contribution is 2.16. The summed E-state index contributed by atoms with van der Waals surface area (Å²) >= 11 is 0. The second-order valence-corrected chi connectivity index (χ2v) is 5.91. The molecule has 0 radical (unpaired) electrons. The lowest BCUT2D eigenvalue weighted by molar-refractivity contribution is -0.122. The van der Waals surface area contributed by atoms with Crippen molar-refractivity contribution in [2.45, 2.75) is 18.9 Å². The second kappa shape index (κ2) is 7.31. The van der Waals surface area contributed by atoms with Crippen LogP contribution in [0.3, 0.4) is 0 Å². The van der Waals surface area contributed by atoms with Gasteiger partial charge in [0, 0.05) is 40.3 Å². The number of piperidine rings is 1. The lowest BCUT2D eigenvalue weighted by atomic mass is 10.0. The number of likely N-dealkylation sites (N-methyl/N-ethyl adjacent to an activating group) is 1. The quantitative estimate of drug-likeness (QED) is 0.699. The maximum atomic E-state index is 12.1. The zero-order chi connectivity index (χ0) is 17.9. The van der Waals surface area contributed by atoms with E-state index in [2.05, 4.69) is 10.6 Å². The fourth-order valence-corrected chi connectivity index (χ4v) is 2.82. The van der Waals surface area contributed by atoms with Gasteiger partial charge >= 0.3 is 5.69 Å². The van der Waals surface area contributed by atoms with E-state index in [-0.39, 0.29) is 23.3 Å². The van der Waals surface area contributed by atoms with Gasteiger partial charge in [0.2, 0.25) is 5.91 Å². The molecule has 1 fully saturated rings. The maximum absolute atomic E-state index is 12.1. The molecule has 0 atom stereocenters. The zero-order valence-electron chi connectivity index (χ0n) is 14.1. The predicted octanol–water partition coefficient (Wildman–Crippen LogP) is -1.42. The molecule has 1 saturated heterocycles. The van der Waals surface area contributed by atoms with Crippen molar-refractivity contribution >= 4 is 11.7 Å². The van der Waals surface area contributed by atoms with Crippen molar-refractivity contribution in [3.8, 4) is 6.07 Å². The molecule has 130 valence electrons. The van der Waals surface area contributed by atoms with Crippen molar-refractivity contribution in [1.29, 1.82) is 5.26 Å². The Bertz CT molecular complexity index is 780. The number of likely N-dealkylation sites (tertiary alicyclic amines) is 1. The van der Waals surface area contributed by atoms with Crippen molar-refractivity contribution in [2.75, 3.05) is 32.0 Å². The van der Waals surface area contributed by atoms with Gasteiger partial charge in [-0.1, -0.05) is 0 Å². The summed E-state index contributed by atoms with van der Waals surface area (Å²) in [7, 11) is 4.49. The van der Waals surface area contributed by atoms with Crippen molar-refractivity contribution in [3.63, 3.8) is 0 Å². The molecule has 2 N–H and O–H groups in total. The number of amides is 1. The van der Waals surface area contributed by atoms with Crippen molar-refractivity contribution in [1.82, 2.24) is 19.4 Å². The Morgan fingerprint density at radius 3 is 2.42 bits per heavy atom.